The van der Waals surface area contributed by atoms with Crippen LogP contribution in [-0.4, -0.2) is 36.7 Å². The van der Waals surface area contributed by atoms with Crippen molar-refractivity contribution in [3.8, 4) is 0 Å². The number of ether oxygens (including phenoxy) is 1. The number of hydrogen-bond donors (Lipinski definition) is 2. The van der Waals surface area contributed by atoms with E-state index >= 15 is 0 Å². The van der Waals surface area contributed by atoms with E-state index in [0.717, 1.165) is 12.8 Å². The molecule has 0 aliphatic carbocycles. The topological polar surface area (TPSA) is 63.2 Å². The van der Waals surface area contributed by atoms with Crippen molar-refractivity contribution in [3.63, 3.8) is 0 Å². The van der Waals surface area contributed by atoms with E-state index in [9.17, 15) is 4.79 Å². The maximum absolute atomic E-state index is 12.3. The molecule has 0 aromatic carbocycles. The lowest BCUT2D eigenvalue weighted by Crippen LogP contribution is -2.49. The zero-order chi connectivity index (χ0) is 13.9. The Balaban J connectivity index is 2.15. The number of hydrogen-bond acceptors (Lipinski definition) is 4. The van der Waals surface area contributed by atoms with Gasteiger partial charge >= 0.3 is 0 Å². The van der Waals surface area contributed by atoms with Gasteiger partial charge in [0.1, 0.15) is 11.5 Å². The van der Waals surface area contributed by atoms with Gasteiger partial charge in [-0.2, -0.15) is 0 Å². The highest BCUT2D eigenvalue weighted by molar-refractivity contribution is 6.33. The standard InChI is InChI=1S/C13H18ClN3O2/c1-13(5-7-19-8-6-13)17-12(18)11-9(14)3-4-10(15-2)16-11/h3-4H,5-8H2,1-2H3,(H,15,16)(H,17,18). The lowest BCUT2D eigenvalue weighted by molar-refractivity contribution is 0.0421. The Hall–Kier alpha value is -1.33. The Kier molecular flexibility index (Phi) is 4.27. The van der Waals surface area contributed by atoms with Gasteiger partial charge in [0.15, 0.2) is 0 Å². The zero-order valence-electron chi connectivity index (χ0n) is 11.1. The molecule has 5 nitrogen and oxygen atoms in total. The maximum atomic E-state index is 12.3. The van der Waals surface area contributed by atoms with Crippen molar-refractivity contribution in [2.75, 3.05) is 25.6 Å². The minimum Gasteiger partial charge on any atom is -0.381 e. The molecular weight excluding hydrogens is 266 g/mol. The number of nitrogens with zero attached hydrogens (tertiary/aromatic N) is 1. The SMILES string of the molecule is CNc1ccc(Cl)c(C(=O)NC2(C)CCOCC2)n1. The van der Waals surface area contributed by atoms with Gasteiger partial charge in [-0.1, -0.05) is 11.6 Å². The van der Waals surface area contributed by atoms with Crippen molar-refractivity contribution in [2.45, 2.75) is 25.3 Å². The number of nitrogens with one attached hydrogen (secondary N) is 2. The average Bonchev–Trinajstić information content (AvgIpc) is 2.39. The van der Waals surface area contributed by atoms with E-state index in [-0.39, 0.29) is 17.1 Å². The van der Waals surface area contributed by atoms with Crippen LogP contribution < -0.4 is 10.6 Å². The number of rotatable bonds is 3. The maximum Gasteiger partial charge on any atom is 0.271 e. The van der Waals surface area contributed by atoms with Gasteiger partial charge in [-0.3, -0.25) is 4.79 Å². The second-order valence-electron chi connectivity index (χ2n) is 4.90. The van der Waals surface area contributed by atoms with E-state index in [1.165, 1.54) is 0 Å². The van der Waals surface area contributed by atoms with Gasteiger partial charge in [0.25, 0.3) is 5.91 Å². The number of amides is 1. The van der Waals surface area contributed by atoms with Crippen LogP contribution in [0.1, 0.15) is 30.3 Å². The first-order valence-corrected chi connectivity index (χ1v) is 6.66. The molecule has 2 heterocycles. The quantitative estimate of drug-likeness (QED) is 0.891. The summed E-state index contributed by atoms with van der Waals surface area (Å²) in [4.78, 5) is 16.5. The second-order valence-corrected chi connectivity index (χ2v) is 5.31. The van der Waals surface area contributed by atoms with E-state index < -0.39 is 0 Å². The third-order valence-corrected chi connectivity index (χ3v) is 3.63. The highest BCUT2D eigenvalue weighted by Gasteiger charge is 2.30. The van der Waals surface area contributed by atoms with Crippen LogP contribution in [0.3, 0.4) is 0 Å². The Morgan fingerprint density at radius 2 is 2.11 bits per heavy atom. The molecule has 0 atom stereocenters. The smallest absolute Gasteiger partial charge is 0.271 e. The fraction of sp³-hybridized carbons (Fsp3) is 0.538. The van der Waals surface area contributed by atoms with Gasteiger partial charge in [0, 0.05) is 25.8 Å². The number of pyridine rings is 1. The normalized spacial score (nSPS) is 17.8. The molecule has 1 aliphatic heterocycles. The van der Waals surface area contributed by atoms with Crippen LogP contribution in [0.5, 0.6) is 0 Å². The molecule has 2 rings (SSSR count). The Morgan fingerprint density at radius 3 is 2.74 bits per heavy atom. The van der Waals surface area contributed by atoms with Crippen LogP contribution >= 0.6 is 11.6 Å². The van der Waals surface area contributed by atoms with Crippen molar-refractivity contribution in [3.05, 3.63) is 22.8 Å². The lowest BCUT2D eigenvalue weighted by Gasteiger charge is -2.34. The first kappa shape index (κ1) is 14.1. The predicted octanol–water partition coefficient (Wildman–Crippen LogP) is 2.08. The third kappa shape index (κ3) is 3.36. The van der Waals surface area contributed by atoms with Gasteiger partial charge in [-0.15, -0.1) is 0 Å². The molecule has 104 valence electrons. The predicted molar refractivity (Wildman–Crippen MR) is 74.7 cm³/mol. The molecule has 6 heteroatoms. The number of carbonyl (C=O) groups excluding carboxylic acids is 1. The van der Waals surface area contributed by atoms with E-state index in [4.69, 9.17) is 16.3 Å². The Morgan fingerprint density at radius 1 is 1.42 bits per heavy atom. The zero-order valence-corrected chi connectivity index (χ0v) is 11.9. The molecule has 0 radical (unpaired) electrons. The first-order valence-electron chi connectivity index (χ1n) is 6.29. The van der Waals surface area contributed by atoms with Gasteiger partial charge in [0.2, 0.25) is 0 Å². The highest BCUT2D eigenvalue weighted by Crippen LogP contribution is 2.22. The Labute approximate surface area is 117 Å². The minimum atomic E-state index is -0.254. The molecule has 0 spiro atoms. The van der Waals surface area contributed by atoms with Crippen LogP contribution in [-0.2, 0) is 4.74 Å². The molecule has 2 N–H and O–H groups in total. The van der Waals surface area contributed by atoms with Gasteiger partial charge in [-0.05, 0) is 31.9 Å². The summed E-state index contributed by atoms with van der Waals surface area (Å²) in [6.07, 6.45) is 1.59. The van der Waals surface area contributed by atoms with E-state index in [1.54, 1.807) is 19.2 Å². The second kappa shape index (κ2) is 5.75. The summed E-state index contributed by atoms with van der Waals surface area (Å²) in [5.41, 5.74) is -0.00284. The van der Waals surface area contributed by atoms with Crippen LogP contribution in [0.15, 0.2) is 12.1 Å². The summed E-state index contributed by atoms with van der Waals surface area (Å²) in [6, 6.07) is 3.40. The molecular formula is C13H18ClN3O2. The largest absolute Gasteiger partial charge is 0.381 e. The van der Waals surface area contributed by atoms with Crippen molar-refractivity contribution in [1.29, 1.82) is 0 Å². The molecule has 1 amide bonds. The minimum absolute atomic E-state index is 0.244. The summed E-state index contributed by atoms with van der Waals surface area (Å²) in [6.45, 7) is 3.34. The van der Waals surface area contributed by atoms with E-state index in [0.29, 0.717) is 24.1 Å². The van der Waals surface area contributed by atoms with Crippen molar-refractivity contribution < 1.29 is 9.53 Å². The van der Waals surface area contributed by atoms with Gasteiger partial charge < -0.3 is 15.4 Å². The number of aromatic nitrogens is 1. The molecule has 0 saturated carbocycles. The monoisotopic (exact) mass is 283 g/mol. The molecule has 0 unspecified atom stereocenters. The fourth-order valence-electron chi connectivity index (χ4n) is 2.02. The molecule has 1 aromatic heterocycles. The van der Waals surface area contributed by atoms with Crippen LogP contribution in [0, 0.1) is 0 Å². The fourth-order valence-corrected chi connectivity index (χ4v) is 2.21. The molecule has 1 saturated heterocycles. The van der Waals surface area contributed by atoms with E-state index in [2.05, 4.69) is 15.6 Å². The van der Waals surface area contributed by atoms with Crippen molar-refractivity contribution in [2.24, 2.45) is 0 Å². The summed E-state index contributed by atoms with van der Waals surface area (Å²) in [5, 5.41) is 6.26. The number of halogens is 1. The van der Waals surface area contributed by atoms with Crippen LogP contribution in [0.2, 0.25) is 5.02 Å². The lowest BCUT2D eigenvalue weighted by atomic mass is 9.92. The summed E-state index contributed by atoms with van der Waals surface area (Å²) in [5.74, 6) is 0.373. The molecule has 1 fully saturated rings. The molecule has 19 heavy (non-hydrogen) atoms. The first-order chi connectivity index (χ1) is 9.04. The molecule has 0 bridgehead atoms. The Bertz CT molecular complexity index is 473. The van der Waals surface area contributed by atoms with E-state index in [1.807, 2.05) is 6.92 Å². The third-order valence-electron chi connectivity index (χ3n) is 3.33. The molecule has 1 aliphatic rings. The summed E-state index contributed by atoms with van der Waals surface area (Å²) in [7, 11) is 1.75. The highest BCUT2D eigenvalue weighted by atomic mass is 35.5. The van der Waals surface area contributed by atoms with Crippen LogP contribution in [0.25, 0.3) is 0 Å². The summed E-state index contributed by atoms with van der Waals surface area (Å²) < 4.78 is 5.31. The van der Waals surface area contributed by atoms with Crippen molar-refractivity contribution in [1.82, 2.24) is 10.3 Å². The van der Waals surface area contributed by atoms with Crippen LogP contribution in [0.4, 0.5) is 5.82 Å². The average molecular weight is 284 g/mol. The number of carbonyl (C=O) groups is 1. The van der Waals surface area contributed by atoms with Gasteiger partial charge in [0.05, 0.1) is 5.02 Å². The summed E-state index contributed by atoms with van der Waals surface area (Å²) >= 11 is 6.04. The van der Waals surface area contributed by atoms with Crippen molar-refractivity contribution >= 4 is 23.3 Å². The number of anilines is 1. The van der Waals surface area contributed by atoms with Gasteiger partial charge in [-0.25, -0.2) is 4.98 Å². The molecule has 1 aromatic rings.